The first-order valence-corrected chi connectivity index (χ1v) is 5.30. The Morgan fingerprint density at radius 3 is 2.64 bits per heavy atom. The maximum atomic E-state index is 6.11. The molecular formula is C11H7BrClN. The van der Waals surface area contributed by atoms with E-state index in [1.807, 2.05) is 30.3 Å². The summed E-state index contributed by atoms with van der Waals surface area (Å²) >= 11 is 9.58. The molecule has 1 heterocycles. The summed E-state index contributed by atoms with van der Waals surface area (Å²) in [7, 11) is 0. The third-order valence-corrected chi connectivity index (χ3v) is 2.89. The van der Waals surface area contributed by atoms with E-state index in [0.29, 0.717) is 0 Å². The number of nitrogens with zero attached hydrogens (tertiary/aromatic N) is 1. The number of benzene rings is 1. The Morgan fingerprint density at radius 1 is 1.14 bits per heavy atom. The third kappa shape index (κ3) is 1.81. The van der Waals surface area contributed by atoms with Crippen LogP contribution in [-0.4, -0.2) is 4.98 Å². The van der Waals surface area contributed by atoms with Gasteiger partial charge in [0, 0.05) is 33.0 Å². The van der Waals surface area contributed by atoms with E-state index in [1.165, 1.54) is 0 Å². The van der Waals surface area contributed by atoms with Crippen molar-refractivity contribution in [1.29, 1.82) is 0 Å². The summed E-state index contributed by atoms with van der Waals surface area (Å²) < 4.78 is 0.984. The van der Waals surface area contributed by atoms with Gasteiger partial charge >= 0.3 is 0 Å². The van der Waals surface area contributed by atoms with Gasteiger partial charge in [-0.25, -0.2) is 0 Å². The van der Waals surface area contributed by atoms with E-state index in [9.17, 15) is 0 Å². The first kappa shape index (κ1) is 9.69. The van der Waals surface area contributed by atoms with E-state index in [4.69, 9.17) is 11.6 Å². The Morgan fingerprint density at radius 2 is 2.00 bits per heavy atom. The second-order valence-corrected chi connectivity index (χ2v) is 4.10. The predicted octanol–water partition coefficient (Wildman–Crippen LogP) is 4.16. The molecule has 1 nitrogen and oxygen atoms in total. The van der Waals surface area contributed by atoms with Gasteiger partial charge in [-0.3, -0.25) is 4.98 Å². The fraction of sp³-hybridized carbons (Fsp3) is 0. The van der Waals surface area contributed by atoms with Gasteiger partial charge in [-0.15, -0.1) is 0 Å². The molecule has 2 aromatic rings. The standard InChI is InChI=1S/C11H7BrClN/c12-9-4-1-5-10(13)11(9)8-3-2-6-14-7-8/h1-7H. The minimum atomic E-state index is 0.729. The largest absolute Gasteiger partial charge is 0.264 e. The summed E-state index contributed by atoms with van der Waals surface area (Å²) in [6.45, 7) is 0. The summed E-state index contributed by atoms with van der Waals surface area (Å²) in [4.78, 5) is 4.06. The lowest BCUT2D eigenvalue weighted by molar-refractivity contribution is 1.33. The number of rotatable bonds is 1. The van der Waals surface area contributed by atoms with E-state index in [-0.39, 0.29) is 0 Å². The topological polar surface area (TPSA) is 12.9 Å². The van der Waals surface area contributed by atoms with Crippen molar-refractivity contribution in [2.75, 3.05) is 0 Å². The van der Waals surface area contributed by atoms with Crippen LogP contribution in [0.15, 0.2) is 47.2 Å². The second kappa shape index (κ2) is 4.11. The summed E-state index contributed by atoms with van der Waals surface area (Å²) in [5.41, 5.74) is 2.01. The maximum absolute atomic E-state index is 6.11. The van der Waals surface area contributed by atoms with E-state index in [0.717, 1.165) is 20.6 Å². The van der Waals surface area contributed by atoms with Gasteiger partial charge in [0.25, 0.3) is 0 Å². The van der Waals surface area contributed by atoms with Crippen LogP contribution in [0, 0.1) is 0 Å². The molecule has 0 unspecified atom stereocenters. The minimum absolute atomic E-state index is 0.729. The summed E-state index contributed by atoms with van der Waals surface area (Å²) in [6, 6.07) is 9.62. The summed E-state index contributed by atoms with van der Waals surface area (Å²) in [5, 5.41) is 0.729. The summed E-state index contributed by atoms with van der Waals surface area (Å²) in [6.07, 6.45) is 3.54. The van der Waals surface area contributed by atoms with Crippen LogP contribution in [0.4, 0.5) is 0 Å². The van der Waals surface area contributed by atoms with E-state index in [2.05, 4.69) is 20.9 Å². The zero-order valence-corrected chi connectivity index (χ0v) is 9.59. The van der Waals surface area contributed by atoms with Crippen molar-refractivity contribution in [2.45, 2.75) is 0 Å². The number of pyridine rings is 1. The van der Waals surface area contributed by atoms with Gasteiger partial charge in [0.15, 0.2) is 0 Å². The number of aromatic nitrogens is 1. The number of halogens is 2. The quantitative estimate of drug-likeness (QED) is 0.756. The zero-order chi connectivity index (χ0) is 9.97. The highest BCUT2D eigenvalue weighted by Crippen LogP contribution is 2.33. The van der Waals surface area contributed by atoms with Crippen molar-refractivity contribution >= 4 is 27.5 Å². The molecule has 1 aromatic carbocycles. The van der Waals surface area contributed by atoms with Crippen molar-refractivity contribution in [2.24, 2.45) is 0 Å². The van der Waals surface area contributed by atoms with Gasteiger partial charge in [0.1, 0.15) is 0 Å². The Hall–Kier alpha value is -0.860. The molecule has 3 heteroatoms. The van der Waals surface area contributed by atoms with Crippen LogP contribution in [0.1, 0.15) is 0 Å². The Kier molecular flexibility index (Phi) is 2.85. The lowest BCUT2D eigenvalue weighted by atomic mass is 10.1. The van der Waals surface area contributed by atoms with Crippen LogP contribution in [-0.2, 0) is 0 Å². The molecule has 0 radical (unpaired) electrons. The fourth-order valence-electron chi connectivity index (χ4n) is 1.28. The highest BCUT2D eigenvalue weighted by Gasteiger charge is 2.06. The molecule has 0 aliphatic rings. The monoisotopic (exact) mass is 267 g/mol. The molecular weight excluding hydrogens is 261 g/mol. The molecule has 14 heavy (non-hydrogen) atoms. The maximum Gasteiger partial charge on any atom is 0.0496 e. The molecule has 0 fully saturated rings. The lowest BCUT2D eigenvalue weighted by Gasteiger charge is -2.05. The van der Waals surface area contributed by atoms with Gasteiger partial charge in [-0.05, 0) is 18.2 Å². The Labute approximate surface area is 95.9 Å². The van der Waals surface area contributed by atoms with Crippen molar-refractivity contribution in [3.63, 3.8) is 0 Å². The van der Waals surface area contributed by atoms with Crippen LogP contribution >= 0.6 is 27.5 Å². The molecule has 70 valence electrons. The van der Waals surface area contributed by atoms with Crippen LogP contribution < -0.4 is 0 Å². The summed E-state index contributed by atoms with van der Waals surface area (Å²) in [5.74, 6) is 0. The molecule has 1 aromatic heterocycles. The molecule has 0 bridgehead atoms. The van der Waals surface area contributed by atoms with Crippen LogP contribution in [0.3, 0.4) is 0 Å². The first-order valence-electron chi connectivity index (χ1n) is 4.13. The van der Waals surface area contributed by atoms with Gasteiger partial charge in [0.2, 0.25) is 0 Å². The van der Waals surface area contributed by atoms with Gasteiger partial charge in [0.05, 0.1) is 0 Å². The van der Waals surface area contributed by atoms with Gasteiger partial charge in [-0.2, -0.15) is 0 Å². The average Bonchev–Trinajstić information content (AvgIpc) is 2.19. The van der Waals surface area contributed by atoms with E-state index < -0.39 is 0 Å². The average molecular weight is 269 g/mol. The lowest BCUT2D eigenvalue weighted by Crippen LogP contribution is -1.82. The van der Waals surface area contributed by atoms with Crippen LogP contribution in [0.5, 0.6) is 0 Å². The Bertz CT molecular complexity index is 422. The second-order valence-electron chi connectivity index (χ2n) is 2.84. The molecule has 0 N–H and O–H groups in total. The number of hydrogen-bond acceptors (Lipinski definition) is 1. The van der Waals surface area contributed by atoms with Crippen molar-refractivity contribution in [3.05, 3.63) is 52.2 Å². The van der Waals surface area contributed by atoms with Crippen molar-refractivity contribution in [3.8, 4) is 11.1 Å². The normalized spacial score (nSPS) is 10.1. The third-order valence-electron chi connectivity index (χ3n) is 1.91. The van der Waals surface area contributed by atoms with Gasteiger partial charge < -0.3 is 0 Å². The minimum Gasteiger partial charge on any atom is -0.264 e. The molecule has 0 saturated carbocycles. The first-order chi connectivity index (χ1) is 6.79. The molecule has 0 aliphatic carbocycles. The van der Waals surface area contributed by atoms with E-state index >= 15 is 0 Å². The molecule has 0 spiro atoms. The SMILES string of the molecule is Clc1cccc(Br)c1-c1cccnc1. The Balaban J connectivity index is 2.63. The molecule has 0 saturated heterocycles. The highest BCUT2D eigenvalue weighted by atomic mass is 79.9. The molecule has 0 atom stereocenters. The highest BCUT2D eigenvalue weighted by molar-refractivity contribution is 9.10. The van der Waals surface area contributed by atoms with Crippen molar-refractivity contribution in [1.82, 2.24) is 4.98 Å². The zero-order valence-electron chi connectivity index (χ0n) is 7.24. The predicted molar refractivity (Wildman–Crippen MR) is 62.4 cm³/mol. The molecule has 0 amide bonds. The fourth-order valence-corrected chi connectivity index (χ4v) is 2.28. The number of hydrogen-bond donors (Lipinski definition) is 0. The van der Waals surface area contributed by atoms with Crippen LogP contribution in [0.25, 0.3) is 11.1 Å². The molecule has 0 aliphatic heterocycles. The van der Waals surface area contributed by atoms with Crippen molar-refractivity contribution < 1.29 is 0 Å². The van der Waals surface area contributed by atoms with Gasteiger partial charge in [-0.1, -0.05) is 39.7 Å². The van der Waals surface area contributed by atoms with E-state index in [1.54, 1.807) is 12.4 Å². The smallest absolute Gasteiger partial charge is 0.0496 e. The molecule has 2 rings (SSSR count). The van der Waals surface area contributed by atoms with Crippen LogP contribution in [0.2, 0.25) is 5.02 Å².